The summed E-state index contributed by atoms with van der Waals surface area (Å²) in [6.07, 6.45) is 3.14. The first-order chi connectivity index (χ1) is 5.47. The van der Waals surface area contributed by atoms with Crippen LogP contribution in [-0.4, -0.2) is 15.5 Å². The monoisotopic (exact) mass is 185 g/mol. The second-order valence-electron chi connectivity index (χ2n) is 3.60. The molecule has 0 aromatic carbocycles. The topological polar surface area (TPSA) is 37.8 Å². The van der Waals surface area contributed by atoms with Crippen LogP contribution in [0.2, 0.25) is 5.15 Å². The number of nitrogens with zero attached hydrogens (tertiary/aromatic N) is 2. The molecule has 1 heterocycles. The van der Waals surface area contributed by atoms with Gasteiger partial charge < -0.3 is 5.32 Å². The average molecular weight is 186 g/mol. The first-order valence-corrected chi connectivity index (χ1v) is 4.11. The van der Waals surface area contributed by atoms with E-state index in [-0.39, 0.29) is 5.54 Å². The summed E-state index contributed by atoms with van der Waals surface area (Å²) in [5.41, 5.74) is 0.00249. The van der Waals surface area contributed by atoms with Gasteiger partial charge in [0, 0.05) is 5.54 Å². The number of aromatic nitrogens is 2. The fraction of sp³-hybridized carbons (Fsp3) is 0.500. The van der Waals surface area contributed by atoms with Crippen molar-refractivity contribution in [3.8, 4) is 0 Å². The van der Waals surface area contributed by atoms with Crippen molar-refractivity contribution in [3.63, 3.8) is 0 Å². The fourth-order valence-corrected chi connectivity index (χ4v) is 0.859. The summed E-state index contributed by atoms with van der Waals surface area (Å²) in [7, 11) is 0. The lowest BCUT2D eigenvalue weighted by atomic mass is 10.1. The quantitative estimate of drug-likeness (QED) is 0.730. The van der Waals surface area contributed by atoms with Crippen LogP contribution < -0.4 is 5.32 Å². The Hall–Kier alpha value is -0.830. The first-order valence-electron chi connectivity index (χ1n) is 3.73. The van der Waals surface area contributed by atoms with Gasteiger partial charge in [-0.15, -0.1) is 0 Å². The van der Waals surface area contributed by atoms with Gasteiger partial charge in [0.05, 0.1) is 12.4 Å². The van der Waals surface area contributed by atoms with E-state index in [0.29, 0.717) is 5.15 Å². The maximum atomic E-state index is 5.58. The molecule has 0 atom stereocenters. The largest absolute Gasteiger partial charge is 0.364 e. The molecule has 0 saturated heterocycles. The second kappa shape index (κ2) is 3.27. The molecule has 0 amide bonds. The molecular weight excluding hydrogens is 174 g/mol. The predicted molar refractivity (Wildman–Crippen MR) is 50.4 cm³/mol. The number of halogens is 1. The fourth-order valence-electron chi connectivity index (χ4n) is 0.761. The lowest BCUT2D eigenvalue weighted by molar-refractivity contribution is 0.630. The van der Waals surface area contributed by atoms with Gasteiger partial charge in [-0.25, -0.2) is 9.97 Å². The van der Waals surface area contributed by atoms with Gasteiger partial charge in [0.25, 0.3) is 0 Å². The molecule has 0 fully saturated rings. The van der Waals surface area contributed by atoms with Crippen molar-refractivity contribution >= 4 is 17.4 Å². The maximum absolute atomic E-state index is 5.58. The Balaban J connectivity index is 2.71. The third-order valence-electron chi connectivity index (χ3n) is 1.12. The maximum Gasteiger partial charge on any atom is 0.147 e. The van der Waals surface area contributed by atoms with Crippen molar-refractivity contribution in [2.45, 2.75) is 26.3 Å². The molecule has 0 aliphatic rings. The molecule has 12 heavy (non-hydrogen) atoms. The minimum atomic E-state index is 0.00249. The molecule has 0 aliphatic carbocycles. The number of hydrogen-bond donors (Lipinski definition) is 1. The van der Waals surface area contributed by atoms with Crippen molar-refractivity contribution < 1.29 is 0 Å². The van der Waals surface area contributed by atoms with E-state index in [4.69, 9.17) is 11.6 Å². The summed E-state index contributed by atoms with van der Waals surface area (Å²) in [4.78, 5) is 7.96. The zero-order valence-electron chi connectivity index (χ0n) is 7.43. The molecule has 3 nitrogen and oxygen atoms in total. The SMILES string of the molecule is CC(C)(C)Nc1cnc(Cl)cn1. The van der Waals surface area contributed by atoms with Crippen LogP contribution in [0.3, 0.4) is 0 Å². The van der Waals surface area contributed by atoms with Crippen LogP contribution in [0, 0.1) is 0 Å². The van der Waals surface area contributed by atoms with E-state index in [0.717, 1.165) is 5.82 Å². The molecule has 1 aromatic heterocycles. The van der Waals surface area contributed by atoms with Gasteiger partial charge in [-0.1, -0.05) is 11.6 Å². The van der Waals surface area contributed by atoms with Crippen LogP contribution in [0.5, 0.6) is 0 Å². The molecule has 1 N–H and O–H groups in total. The van der Waals surface area contributed by atoms with Gasteiger partial charge in [-0.3, -0.25) is 0 Å². The van der Waals surface area contributed by atoms with Gasteiger partial charge in [0.1, 0.15) is 11.0 Å². The Labute approximate surface area is 77.2 Å². The lowest BCUT2D eigenvalue weighted by Crippen LogP contribution is -2.26. The van der Waals surface area contributed by atoms with E-state index >= 15 is 0 Å². The standard InChI is InChI=1S/C8H12ClN3/c1-8(2,3)12-7-5-10-6(9)4-11-7/h4-5H,1-3H3,(H,11,12). The highest BCUT2D eigenvalue weighted by Crippen LogP contribution is 2.11. The molecule has 4 heteroatoms. The second-order valence-corrected chi connectivity index (χ2v) is 3.99. The van der Waals surface area contributed by atoms with Crippen molar-refractivity contribution in [2.75, 3.05) is 5.32 Å². The highest BCUT2D eigenvalue weighted by molar-refractivity contribution is 6.29. The van der Waals surface area contributed by atoms with Crippen LogP contribution in [0.4, 0.5) is 5.82 Å². The third-order valence-corrected chi connectivity index (χ3v) is 1.32. The zero-order chi connectivity index (χ0) is 9.19. The van der Waals surface area contributed by atoms with E-state index in [1.165, 1.54) is 6.20 Å². The first kappa shape index (κ1) is 9.26. The molecule has 0 unspecified atom stereocenters. The van der Waals surface area contributed by atoms with E-state index in [9.17, 15) is 0 Å². The van der Waals surface area contributed by atoms with Gasteiger partial charge in [-0.2, -0.15) is 0 Å². The van der Waals surface area contributed by atoms with Crippen molar-refractivity contribution in [2.24, 2.45) is 0 Å². The van der Waals surface area contributed by atoms with E-state index in [1.807, 2.05) is 0 Å². The van der Waals surface area contributed by atoms with Gasteiger partial charge in [0.15, 0.2) is 0 Å². The number of rotatable bonds is 1. The number of anilines is 1. The summed E-state index contributed by atoms with van der Waals surface area (Å²) >= 11 is 5.58. The summed E-state index contributed by atoms with van der Waals surface area (Å²) in [5.74, 6) is 0.743. The Bertz CT molecular complexity index is 250. The molecule has 1 rings (SSSR count). The predicted octanol–water partition coefficient (Wildman–Crippen LogP) is 2.34. The summed E-state index contributed by atoms with van der Waals surface area (Å²) < 4.78 is 0. The summed E-state index contributed by atoms with van der Waals surface area (Å²) in [5, 5.41) is 3.59. The Kier molecular flexibility index (Phi) is 2.52. The van der Waals surface area contributed by atoms with Gasteiger partial charge >= 0.3 is 0 Å². The Morgan fingerprint density at radius 1 is 1.25 bits per heavy atom. The highest BCUT2D eigenvalue weighted by atomic mass is 35.5. The minimum absolute atomic E-state index is 0.00249. The minimum Gasteiger partial charge on any atom is -0.364 e. The zero-order valence-corrected chi connectivity index (χ0v) is 8.18. The molecule has 0 radical (unpaired) electrons. The molecular formula is C8H12ClN3. The van der Waals surface area contributed by atoms with Crippen LogP contribution in [0.1, 0.15) is 20.8 Å². The molecule has 0 aliphatic heterocycles. The van der Waals surface area contributed by atoms with Crippen LogP contribution >= 0.6 is 11.6 Å². The molecule has 1 aromatic rings. The van der Waals surface area contributed by atoms with E-state index < -0.39 is 0 Å². The normalized spacial score (nSPS) is 11.3. The van der Waals surface area contributed by atoms with Gasteiger partial charge in [-0.05, 0) is 20.8 Å². The molecule has 0 spiro atoms. The summed E-state index contributed by atoms with van der Waals surface area (Å²) in [6.45, 7) is 6.18. The van der Waals surface area contributed by atoms with Crippen molar-refractivity contribution in [1.29, 1.82) is 0 Å². The van der Waals surface area contributed by atoms with Crippen LogP contribution in [0.15, 0.2) is 12.4 Å². The number of nitrogens with one attached hydrogen (secondary N) is 1. The van der Waals surface area contributed by atoms with Gasteiger partial charge in [0.2, 0.25) is 0 Å². The number of hydrogen-bond acceptors (Lipinski definition) is 3. The molecule has 0 saturated carbocycles. The molecule has 66 valence electrons. The Morgan fingerprint density at radius 2 is 1.92 bits per heavy atom. The lowest BCUT2D eigenvalue weighted by Gasteiger charge is -2.20. The van der Waals surface area contributed by atoms with Crippen LogP contribution in [-0.2, 0) is 0 Å². The summed E-state index contributed by atoms with van der Waals surface area (Å²) in [6, 6.07) is 0. The smallest absolute Gasteiger partial charge is 0.147 e. The van der Waals surface area contributed by atoms with Crippen LogP contribution in [0.25, 0.3) is 0 Å². The highest BCUT2D eigenvalue weighted by Gasteiger charge is 2.09. The van der Waals surface area contributed by atoms with Crippen molar-refractivity contribution in [3.05, 3.63) is 17.5 Å². The Morgan fingerprint density at radius 3 is 2.33 bits per heavy atom. The molecule has 0 bridgehead atoms. The van der Waals surface area contributed by atoms with E-state index in [1.54, 1.807) is 6.20 Å². The van der Waals surface area contributed by atoms with E-state index in [2.05, 4.69) is 36.1 Å². The third kappa shape index (κ3) is 3.05. The average Bonchev–Trinajstić information content (AvgIpc) is 1.91. The van der Waals surface area contributed by atoms with Crippen molar-refractivity contribution in [1.82, 2.24) is 9.97 Å².